The first kappa shape index (κ1) is 17.8. The van der Waals surface area contributed by atoms with E-state index in [1.807, 2.05) is 35.6 Å². The molecule has 27 heavy (non-hydrogen) atoms. The summed E-state index contributed by atoms with van der Waals surface area (Å²) in [6.45, 7) is 0. The second kappa shape index (κ2) is 7.92. The van der Waals surface area contributed by atoms with Gasteiger partial charge in [-0.05, 0) is 36.4 Å². The van der Waals surface area contributed by atoms with Crippen LogP contribution in [-0.2, 0) is 19.2 Å². The lowest BCUT2D eigenvalue weighted by molar-refractivity contribution is -0.124. The summed E-state index contributed by atoms with van der Waals surface area (Å²) in [5, 5.41) is 2.03. The zero-order valence-corrected chi connectivity index (χ0v) is 14.0. The van der Waals surface area contributed by atoms with Gasteiger partial charge in [-0.2, -0.15) is 0 Å². The fraction of sp³-hybridized carbons (Fsp3) is 0. The molecule has 0 unspecified atom stereocenters. The molecule has 0 aliphatic carbocycles. The quantitative estimate of drug-likeness (QED) is 0.844. The van der Waals surface area contributed by atoms with E-state index in [9.17, 15) is 19.2 Å². The van der Waals surface area contributed by atoms with Gasteiger partial charge in [0.15, 0.2) is 0 Å². The molecule has 2 aliphatic heterocycles. The van der Waals surface area contributed by atoms with Gasteiger partial charge < -0.3 is 4.74 Å². The summed E-state index contributed by atoms with van der Waals surface area (Å²) in [5.74, 6) is 0.0655. The molecule has 4 rings (SSSR count). The zero-order valence-electron chi connectivity index (χ0n) is 14.0. The third kappa shape index (κ3) is 4.55. The Morgan fingerprint density at radius 2 is 1.15 bits per heavy atom. The molecule has 0 spiro atoms. The predicted octanol–water partition coefficient (Wildman–Crippen LogP) is 2.11. The molecule has 2 heterocycles. The summed E-state index contributed by atoms with van der Waals surface area (Å²) in [6.07, 6.45) is 4.91. The highest BCUT2D eigenvalue weighted by Crippen LogP contribution is 2.25. The fourth-order valence-corrected chi connectivity index (χ4v) is 2.30. The fourth-order valence-electron chi connectivity index (χ4n) is 2.30. The normalized spacial score (nSPS) is 14.9. The van der Waals surface area contributed by atoms with Crippen molar-refractivity contribution < 1.29 is 23.9 Å². The first-order chi connectivity index (χ1) is 13.0. The molecule has 1 N–H and O–H groups in total. The molecular formula is C20H14N2O5. The van der Waals surface area contributed by atoms with Crippen molar-refractivity contribution in [3.8, 4) is 11.5 Å². The minimum absolute atomic E-state index is 0.327. The van der Waals surface area contributed by atoms with Crippen molar-refractivity contribution in [3.05, 3.63) is 78.9 Å². The molecule has 0 atom stereocenters. The number of amides is 4. The van der Waals surface area contributed by atoms with Crippen molar-refractivity contribution in [2.75, 3.05) is 4.90 Å². The van der Waals surface area contributed by atoms with Crippen LogP contribution in [-0.4, -0.2) is 23.6 Å². The number of carbonyl (C=O) groups excluding carboxylic acids is 4. The van der Waals surface area contributed by atoms with Crippen LogP contribution in [0.5, 0.6) is 11.5 Å². The van der Waals surface area contributed by atoms with Crippen LogP contribution in [0.3, 0.4) is 0 Å². The Kier molecular flexibility index (Phi) is 5.22. The maximum absolute atomic E-state index is 11.5. The number of hydrogen-bond donors (Lipinski definition) is 1. The number of rotatable bonds is 3. The smallest absolute Gasteiger partial charge is 0.258 e. The van der Waals surface area contributed by atoms with Gasteiger partial charge in [0.25, 0.3) is 23.6 Å². The molecule has 7 heteroatoms. The van der Waals surface area contributed by atoms with Gasteiger partial charge in [0.1, 0.15) is 11.5 Å². The van der Waals surface area contributed by atoms with E-state index in [1.165, 1.54) is 24.3 Å². The monoisotopic (exact) mass is 362 g/mol. The first-order valence-corrected chi connectivity index (χ1v) is 7.95. The topological polar surface area (TPSA) is 92.8 Å². The number of anilines is 1. The van der Waals surface area contributed by atoms with Gasteiger partial charge in [-0.1, -0.05) is 18.2 Å². The average Bonchev–Trinajstić information content (AvgIpc) is 3.21. The van der Waals surface area contributed by atoms with Crippen LogP contribution in [0.15, 0.2) is 78.9 Å². The molecule has 134 valence electrons. The van der Waals surface area contributed by atoms with Crippen molar-refractivity contribution in [2.24, 2.45) is 0 Å². The zero-order chi connectivity index (χ0) is 19.2. The summed E-state index contributed by atoms with van der Waals surface area (Å²) in [6, 6.07) is 16.2. The molecule has 0 saturated heterocycles. The average molecular weight is 362 g/mol. The largest absolute Gasteiger partial charge is 0.457 e. The van der Waals surface area contributed by atoms with Gasteiger partial charge in [-0.25, -0.2) is 4.90 Å². The van der Waals surface area contributed by atoms with Crippen LogP contribution >= 0.6 is 0 Å². The molecular weight excluding hydrogens is 348 g/mol. The first-order valence-electron chi connectivity index (χ1n) is 7.95. The Morgan fingerprint density at radius 1 is 0.630 bits per heavy atom. The van der Waals surface area contributed by atoms with E-state index in [4.69, 9.17) is 4.74 Å². The second-order valence-corrected chi connectivity index (χ2v) is 5.44. The lowest BCUT2D eigenvalue weighted by Crippen LogP contribution is -2.29. The molecule has 0 fully saturated rings. The third-order valence-corrected chi connectivity index (χ3v) is 3.52. The maximum atomic E-state index is 11.5. The second-order valence-electron chi connectivity index (χ2n) is 5.44. The standard InChI is InChI=1S/C16H11NO3.C4H3NO2/c18-15-10-11-16(19)17(15)12-6-8-14(9-7-12)20-13-4-2-1-3-5-13;6-3-1-2-4(7)5-3/h1-11H;1-2H,(H,5,6,7). The Hall–Kier alpha value is -4.00. The van der Waals surface area contributed by atoms with E-state index in [0.29, 0.717) is 11.4 Å². The lowest BCUT2D eigenvalue weighted by Gasteiger charge is -2.14. The highest BCUT2D eigenvalue weighted by molar-refractivity contribution is 6.28. The summed E-state index contributed by atoms with van der Waals surface area (Å²) in [5.41, 5.74) is 0.533. The summed E-state index contributed by atoms with van der Waals surface area (Å²) in [7, 11) is 0. The van der Waals surface area contributed by atoms with Crippen LogP contribution in [0, 0.1) is 0 Å². The van der Waals surface area contributed by atoms with Gasteiger partial charge in [0.2, 0.25) is 0 Å². The maximum Gasteiger partial charge on any atom is 0.258 e. The number of nitrogens with zero attached hydrogens (tertiary/aromatic N) is 1. The molecule has 4 amide bonds. The Bertz CT molecular complexity index is 912. The van der Waals surface area contributed by atoms with Crippen molar-refractivity contribution >= 4 is 29.3 Å². The van der Waals surface area contributed by atoms with E-state index in [0.717, 1.165) is 10.6 Å². The minimum Gasteiger partial charge on any atom is -0.457 e. The van der Waals surface area contributed by atoms with Crippen LogP contribution in [0.25, 0.3) is 0 Å². The van der Waals surface area contributed by atoms with E-state index in [-0.39, 0.29) is 23.6 Å². The van der Waals surface area contributed by atoms with Gasteiger partial charge in [0.05, 0.1) is 5.69 Å². The third-order valence-electron chi connectivity index (χ3n) is 3.52. The van der Waals surface area contributed by atoms with Crippen molar-refractivity contribution in [2.45, 2.75) is 0 Å². The number of para-hydroxylation sites is 1. The van der Waals surface area contributed by atoms with Crippen molar-refractivity contribution in [3.63, 3.8) is 0 Å². The van der Waals surface area contributed by atoms with Gasteiger partial charge in [0, 0.05) is 24.3 Å². The van der Waals surface area contributed by atoms with Crippen molar-refractivity contribution in [1.29, 1.82) is 0 Å². The Balaban J connectivity index is 0.000000253. The highest BCUT2D eigenvalue weighted by Gasteiger charge is 2.24. The van der Waals surface area contributed by atoms with Crippen LogP contribution in [0.1, 0.15) is 0 Å². The number of imide groups is 2. The Morgan fingerprint density at radius 3 is 1.63 bits per heavy atom. The number of benzene rings is 2. The molecule has 2 aliphatic rings. The minimum atomic E-state index is -0.329. The van der Waals surface area contributed by atoms with Gasteiger partial charge in [-0.15, -0.1) is 0 Å². The summed E-state index contributed by atoms with van der Waals surface area (Å²) >= 11 is 0. The molecule has 0 bridgehead atoms. The highest BCUT2D eigenvalue weighted by atomic mass is 16.5. The van der Waals surface area contributed by atoms with E-state index in [2.05, 4.69) is 0 Å². The van der Waals surface area contributed by atoms with Crippen molar-refractivity contribution in [1.82, 2.24) is 5.32 Å². The molecule has 2 aromatic rings. The molecule has 0 saturated carbocycles. The Labute approximate surface area is 154 Å². The van der Waals surface area contributed by atoms with E-state index < -0.39 is 0 Å². The SMILES string of the molecule is O=C1C=CC(=O)N1.O=C1C=CC(=O)N1c1ccc(Oc2ccccc2)cc1. The molecule has 2 aromatic carbocycles. The van der Waals surface area contributed by atoms with Crippen LogP contribution in [0.4, 0.5) is 5.69 Å². The number of hydrogen-bond acceptors (Lipinski definition) is 5. The molecule has 0 aromatic heterocycles. The van der Waals surface area contributed by atoms with E-state index >= 15 is 0 Å². The van der Waals surface area contributed by atoms with E-state index in [1.54, 1.807) is 24.3 Å². The van der Waals surface area contributed by atoms with Gasteiger partial charge in [-0.3, -0.25) is 24.5 Å². The number of nitrogens with one attached hydrogen (secondary N) is 1. The van der Waals surface area contributed by atoms with Crippen LogP contribution in [0.2, 0.25) is 0 Å². The van der Waals surface area contributed by atoms with Crippen LogP contribution < -0.4 is 15.0 Å². The molecule has 0 radical (unpaired) electrons. The number of ether oxygens (including phenoxy) is 1. The number of carbonyl (C=O) groups is 4. The lowest BCUT2D eigenvalue weighted by atomic mass is 10.2. The predicted molar refractivity (Wildman–Crippen MR) is 96.9 cm³/mol. The van der Waals surface area contributed by atoms with Gasteiger partial charge >= 0.3 is 0 Å². The summed E-state index contributed by atoms with van der Waals surface area (Å²) in [4.78, 5) is 44.3. The molecule has 7 nitrogen and oxygen atoms in total. The summed E-state index contributed by atoms with van der Waals surface area (Å²) < 4.78 is 5.65.